The molecule has 2 rings (SSSR count). The molecule has 2 N–H and O–H groups in total. The topological polar surface area (TPSA) is 74.8 Å². The molecule has 96 valence electrons. The van der Waals surface area contributed by atoms with Crippen LogP contribution in [-0.4, -0.2) is 18.6 Å². The maximum Gasteiger partial charge on any atom is 0.265 e. The highest BCUT2D eigenvalue weighted by atomic mass is 79.9. The van der Waals surface area contributed by atoms with E-state index in [0.29, 0.717) is 11.4 Å². The summed E-state index contributed by atoms with van der Waals surface area (Å²) in [5, 5.41) is 6.32. The molecule has 0 radical (unpaired) electrons. The number of hydrogen-bond donors (Lipinski definition) is 2. The van der Waals surface area contributed by atoms with Crippen molar-refractivity contribution in [3.8, 4) is 0 Å². The molecule has 0 spiro atoms. The second-order valence-electron chi connectivity index (χ2n) is 3.92. The third-order valence-electron chi connectivity index (χ3n) is 2.52. The highest BCUT2D eigenvalue weighted by Crippen LogP contribution is 2.24. The minimum absolute atomic E-state index is 0.155. The van der Waals surface area contributed by atoms with E-state index in [1.165, 1.54) is 6.20 Å². The Hall–Kier alpha value is -1.34. The molecule has 0 fully saturated rings. The lowest BCUT2D eigenvalue weighted by Gasteiger charge is -2.10. The van der Waals surface area contributed by atoms with Gasteiger partial charge in [0.2, 0.25) is 0 Å². The molecule has 0 atom stereocenters. The summed E-state index contributed by atoms with van der Waals surface area (Å²) in [7, 11) is -3.60. The predicted octanol–water partition coefficient (Wildman–Crippen LogP) is 2.59. The zero-order chi connectivity index (χ0) is 13.3. The van der Waals surface area contributed by atoms with Crippen LogP contribution >= 0.6 is 15.9 Å². The van der Waals surface area contributed by atoms with Crippen LogP contribution in [0, 0.1) is 13.8 Å². The Kier molecular flexibility index (Phi) is 3.45. The number of aromatic nitrogens is 2. The number of anilines is 1. The van der Waals surface area contributed by atoms with Gasteiger partial charge in [-0.15, -0.1) is 0 Å². The Balaban J connectivity index is 2.40. The van der Waals surface area contributed by atoms with Crippen LogP contribution in [-0.2, 0) is 10.0 Å². The second-order valence-corrected chi connectivity index (χ2v) is 6.49. The average Bonchev–Trinajstić information content (AvgIpc) is 2.70. The minimum Gasteiger partial charge on any atom is -0.281 e. The number of benzene rings is 1. The second kappa shape index (κ2) is 4.74. The lowest BCUT2D eigenvalue weighted by molar-refractivity contribution is 0.600. The maximum absolute atomic E-state index is 12.2. The van der Waals surface area contributed by atoms with Gasteiger partial charge in [0.05, 0.1) is 17.6 Å². The molecule has 7 heteroatoms. The number of nitrogens with one attached hydrogen (secondary N) is 2. The Bertz CT molecular complexity index is 679. The molecule has 0 aliphatic heterocycles. The van der Waals surface area contributed by atoms with Crippen molar-refractivity contribution in [3.05, 3.63) is 40.1 Å². The van der Waals surface area contributed by atoms with Gasteiger partial charge in [0.25, 0.3) is 10.0 Å². The number of hydrogen-bond acceptors (Lipinski definition) is 3. The highest BCUT2D eigenvalue weighted by Gasteiger charge is 2.19. The van der Waals surface area contributed by atoms with Gasteiger partial charge in [-0.2, -0.15) is 5.10 Å². The van der Waals surface area contributed by atoms with Gasteiger partial charge in [-0.1, -0.05) is 22.0 Å². The van der Waals surface area contributed by atoms with Gasteiger partial charge in [0.15, 0.2) is 0 Å². The smallest absolute Gasteiger partial charge is 0.265 e. The van der Waals surface area contributed by atoms with E-state index in [1.54, 1.807) is 13.0 Å². The molecule has 0 bridgehead atoms. The van der Waals surface area contributed by atoms with Gasteiger partial charge in [-0.3, -0.25) is 9.82 Å². The number of rotatable bonds is 3. The Labute approximate surface area is 114 Å². The van der Waals surface area contributed by atoms with Crippen molar-refractivity contribution in [3.63, 3.8) is 0 Å². The first-order chi connectivity index (χ1) is 8.40. The summed E-state index contributed by atoms with van der Waals surface area (Å²) in [6, 6.07) is 5.42. The fourth-order valence-corrected chi connectivity index (χ4v) is 3.14. The summed E-state index contributed by atoms with van der Waals surface area (Å²) in [6.07, 6.45) is 1.30. The molecule has 0 amide bonds. The van der Waals surface area contributed by atoms with E-state index < -0.39 is 10.0 Å². The molecule has 18 heavy (non-hydrogen) atoms. The minimum atomic E-state index is -3.60. The van der Waals surface area contributed by atoms with E-state index in [0.717, 1.165) is 10.0 Å². The van der Waals surface area contributed by atoms with Crippen LogP contribution in [0.2, 0.25) is 0 Å². The molecule has 0 unspecified atom stereocenters. The monoisotopic (exact) mass is 329 g/mol. The Morgan fingerprint density at radius 1 is 1.33 bits per heavy atom. The lowest BCUT2D eigenvalue weighted by Crippen LogP contribution is -2.14. The lowest BCUT2D eigenvalue weighted by atomic mass is 10.2. The van der Waals surface area contributed by atoms with Crippen LogP contribution in [0.4, 0.5) is 5.69 Å². The fourth-order valence-electron chi connectivity index (χ4n) is 1.51. The first-order valence-corrected chi connectivity index (χ1v) is 7.47. The molecular formula is C11H12BrN3O2S. The SMILES string of the molecule is Cc1ccc(Br)cc1NS(=O)(=O)c1cn[nH]c1C. The van der Waals surface area contributed by atoms with Gasteiger partial charge in [0.1, 0.15) is 4.90 Å². The van der Waals surface area contributed by atoms with Gasteiger partial charge >= 0.3 is 0 Å². The highest BCUT2D eigenvalue weighted by molar-refractivity contribution is 9.10. The number of aromatic amines is 1. The number of H-pyrrole nitrogens is 1. The summed E-state index contributed by atoms with van der Waals surface area (Å²) in [5.41, 5.74) is 1.91. The van der Waals surface area contributed by atoms with Crippen LogP contribution in [0.15, 0.2) is 33.8 Å². The Morgan fingerprint density at radius 3 is 2.67 bits per heavy atom. The van der Waals surface area contributed by atoms with E-state index >= 15 is 0 Å². The molecule has 0 aliphatic carbocycles. The fraction of sp³-hybridized carbons (Fsp3) is 0.182. The Morgan fingerprint density at radius 2 is 2.06 bits per heavy atom. The molecule has 0 saturated carbocycles. The van der Waals surface area contributed by atoms with Gasteiger partial charge in [-0.05, 0) is 31.5 Å². The van der Waals surface area contributed by atoms with Crippen LogP contribution in [0.5, 0.6) is 0 Å². The van der Waals surface area contributed by atoms with E-state index in [2.05, 4.69) is 30.8 Å². The molecule has 1 aromatic carbocycles. The third-order valence-corrected chi connectivity index (χ3v) is 4.49. The van der Waals surface area contributed by atoms with Crippen molar-refractivity contribution in [2.24, 2.45) is 0 Å². The average molecular weight is 330 g/mol. The molecule has 0 saturated heterocycles. The van der Waals surface area contributed by atoms with Gasteiger partial charge < -0.3 is 0 Å². The summed E-state index contributed by atoms with van der Waals surface area (Å²) >= 11 is 3.31. The number of nitrogens with zero attached hydrogens (tertiary/aromatic N) is 1. The molecular weight excluding hydrogens is 318 g/mol. The molecule has 1 aromatic heterocycles. The normalized spacial score (nSPS) is 11.5. The summed E-state index contributed by atoms with van der Waals surface area (Å²) in [6.45, 7) is 3.50. The zero-order valence-electron chi connectivity index (χ0n) is 9.86. The quantitative estimate of drug-likeness (QED) is 0.908. The molecule has 0 aliphatic rings. The molecule has 1 heterocycles. The van der Waals surface area contributed by atoms with Gasteiger partial charge in [0, 0.05) is 4.47 Å². The first-order valence-electron chi connectivity index (χ1n) is 5.19. The standard InChI is InChI=1S/C11H12BrN3O2S/c1-7-3-4-9(12)5-10(7)15-18(16,17)11-6-13-14-8(11)2/h3-6,15H,1-2H3,(H,13,14). The molecule has 5 nitrogen and oxygen atoms in total. The number of sulfonamides is 1. The van der Waals surface area contributed by atoms with Crippen molar-refractivity contribution >= 4 is 31.6 Å². The van der Waals surface area contributed by atoms with Gasteiger partial charge in [-0.25, -0.2) is 8.42 Å². The van der Waals surface area contributed by atoms with E-state index in [9.17, 15) is 8.42 Å². The summed E-state index contributed by atoms with van der Waals surface area (Å²) in [5.74, 6) is 0. The van der Waals surface area contributed by atoms with E-state index in [-0.39, 0.29) is 4.90 Å². The van der Waals surface area contributed by atoms with Crippen molar-refractivity contribution in [1.29, 1.82) is 0 Å². The third kappa shape index (κ3) is 2.56. The number of aryl methyl sites for hydroxylation is 2. The van der Waals surface area contributed by atoms with Crippen molar-refractivity contribution < 1.29 is 8.42 Å². The largest absolute Gasteiger partial charge is 0.281 e. The molecule has 2 aromatic rings. The van der Waals surface area contributed by atoms with Crippen molar-refractivity contribution in [2.45, 2.75) is 18.7 Å². The van der Waals surface area contributed by atoms with Crippen molar-refractivity contribution in [2.75, 3.05) is 4.72 Å². The number of halogens is 1. The van der Waals surface area contributed by atoms with E-state index in [1.807, 2.05) is 19.1 Å². The maximum atomic E-state index is 12.2. The zero-order valence-corrected chi connectivity index (χ0v) is 12.3. The van der Waals surface area contributed by atoms with Crippen LogP contribution < -0.4 is 4.72 Å². The van der Waals surface area contributed by atoms with Crippen LogP contribution in [0.25, 0.3) is 0 Å². The summed E-state index contributed by atoms with van der Waals surface area (Å²) < 4.78 is 27.7. The predicted molar refractivity (Wildman–Crippen MR) is 73.0 cm³/mol. The summed E-state index contributed by atoms with van der Waals surface area (Å²) in [4.78, 5) is 0.155. The first kappa shape index (κ1) is 13.1. The van der Waals surface area contributed by atoms with Crippen LogP contribution in [0.1, 0.15) is 11.3 Å². The van der Waals surface area contributed by atoms with E-state index in [4.69, 9.17) is 0 Å². The van der Waals surface area contributed by atoms with Crippen molar-refractivity contribution in [1.82, 2.24) is 10.2 Å². The van der Waals surface area contributed by atoms with Crippen LogP contribution in [0.3, 0.4) is 0 Å².